The van der Waals surface area contributed by atoms with E-state index >= 15 is 0 Å². The summed E-state index contributed by atoms with van der Waals surface area (Å²) in [5.74, 6) is -0.279. The van der Waals surface area contributed by atoms with Crippen molar-refractivity contribution in [2.45, 2.75) is 0 Å². The van der Waals surface area contributed by atoms with Crippen molar-refractivity contribution in [3.8, 4) is 17.2 Å². The number of anilines is 1. The van der Waals surface area contributed by atoms with E-state index in [1.807, 2.05) is 60.7 Å². The molecule has 0 fully saturated rings. The molecule has 20 heavy (non-hydrogen) atoms. The van der Waals surface area contributed by atoms with Gasteiger partial charge in [-0.1, -0.05) is 49.0 Å². The topological polar surface area (TPSA) is 44.1 Å². The van der Waals surface area contributed by atoms with Gasteiger partial charge in [0.05, 0.1) is 6.07 Å². The molecule has 2 aromatic rings. The number of hydrogen-bond acceptors (Lipinski definition) is 2. The van der Waals surface area contributed by atoms with Crippen LogP contribution in [0.3, 0.4) is 0 Å². The number of carbonyl (C=O) groups excluding carboxylic acids is 1. The van der Waals surface area contributed by atoms with E-state index in [0.717, 1.165) is 11.1 Å². The molecule has 3 heteroatoms. The van der Waals surface area contributed by atoms with Crippen LogP contribution in [0.15, 0.2) is 67.3 Å². The Kier molecular flexibility index (Phi) is 4.31. The zero-order valence-electron chi connectivity index (χ0n) is 11.0. The minimum absolute atomic E-state index is 0.00946. The molecule has 0 spiro atoms. The highest BCUT2D eigenvalue weighted by Crippen LogP contribution is 2.23. The minimum Gasteiger partial charge on any atom is -0.295 e. The fraction of sp³-hybridized carbons (Fsp3) is 0.0588. The predicted molar refractivity (Wildman–Crippen MR) is 80.0 cm³/mol. The summed E-state index contributed by atoms with van der Waals surface area (Å²) in [6.07, 6.45) is 1.21. The molecule has 2 aromatic carbocycles. The third-order valence-electron chi connectivity index (χ3n) is 2.96. The minimum atomic E-state index is -0.279. The van der Waals surface area contributed by atoms with E-state index in [1.54, 1.807) is 0 Å². The van der Waals surface area contributed by atoms with Crippen LogP contribution in [0.5, 0.6) is 0 Å². The Hall–Kier alpha value is -2.86. The van der Waals surface area contributed by atoms with Crippen molar-refractivity contribution >= 4 is 11.6 Å². The molecule has 1 amide bonds. The molecular weight excluding hydrogens is 248 g/mol. The molecule has 0 aromatic heterocycles. The summed E-state index contributed by atoms with van der Waals surface area (Å²) in [6, 6.07) is 19.5. The molecule has 98 valence electrons. The lowest BCUT2D eigenvalue weighted by molar-refractivity contribution is -0.114. The van der Waals surface area contributed by atoms with Crippen LogP contribution in [0.4, 0.5) is 5.69 Å². The van der Waals surface area contributed by atoms with Gasteiger partial charge < -0.3 is 0 Å². The highest BCUT2D eigenvalue weighted by molar-refractivity contribution is 6.01. The average molecular weight is 262 g/mol. The second-order valence-corrected chi connectivity index (χ2v) is 4.20. The van der Waals surface area contributed by atoms with Crippen molar-refractivity contribution in [2.24, 2.45) is 0 Å². The average Bonchev–Trinajstić information content (AvgIpc) is 2.53. The summed E-state index contributed by atoms with van der Waals surface area (Å²) in [4.78, 5) is 13.1. The summed E-state index contributed by atoms with van der Waals surface area (Å²) in [5, 5.41) is 8.80. The maximum absolute atomic E-state index is 11.7. The van der Waals surface area contributed by atoms with Crippen molar-refractivity contribution in [1.29, 1.82) is 5.26 Å². The first-order chi connectivity index (χ1) is 9.76. The largest absolute Gasteiger partial charge is 0.295 e. The monoisotopic (exact) mass is 262 g/mol. The van der Waals surface area contributed by atoms with Gasteiger partial charge in [0.2, 0.25) is 0 Å². The lowest BCUT2D eigenvalue weighted by atomic mass is 10.1. The highest BCUT2D eigenvalue weighted by Gasteiger charge is 2.12. The Bertz CT molecular complexity index is 639. The first-order valence-electron chi connectivity index (χ1n) is 6.22. The highest BCUT2D eigenvalue weighted by atomic mass is 16.2. The van der Waals surface area contributed by atoms with Crippen molar-refractivity contribution in [3.05, 3.63) is 67.3 Å². The lowest BCUT2D eigenvalue weighted by Gasteiger charge is -2.18. The first kappa shape index (κ1) is 13.6. The molecular formula is C17H14N2O. The van der Waals surface area contributed by atoms with Crippen molar-refractivity contribution in [1.82, 2.24) is 0 Å². The molecule has 2 rings (SSSR count). The van der Waals surface area contributed by atoms with E-state index in [9.17, 15) is 4.79 Å². The SMILES string of the molecule is C=CC(=O)N(CC#N)c1ccc(-c2ccccc2)cc1. The van der Waals surface area contributed by atoms with E-state index in [0.29, 0.717) is 5.69 Å². The number of benzene rings is 2. The molecule has 0 N–H and O–H groups in total. The Morgan fingerprint density at radius 1 is 1.10 bits per heavy atom. The van der Waals surface area contributed by atoms with Crippen LogP contribution in [-0.2, 0) is 4.79 Å². The van der Waals surface area contributed by atoms with Gasteiger partial charge in [-0.3, -0.25) is 9.69 Å². The molecule has 0 aliphatic heterocycles. The molecule has 0 bridgehead atoms. The van der Waals surface area contributed by atoms with E-state index < -0.39 is 0 Å². The zero-order chi connectivity index (χ0) is 14.4. The van der Waals surface area contributed by atoms with E-state index in [-0.39, 0.29) is 12.5 Å². The standard InChI is InChI=1S/C17H14N2O/c1-2-17(20)19(13-12-18)16-10-8-15(9-11-16)14-6-4-3-5-7-14/h2-11H,1,13H2. The van der Waals surface area contributed by atoms with E-state index in [4.69, 9.17) is 5.26 Å². The molecule has 0 saturated heterocycles. The van der Waals surface area contributed by atoms with Gasteiger partial charge in [-0.05, 0) is 29.3 Å². The van der Waals surface area contributed by atoms with Gasteiger partial charge in [0.25, 0.3) is 5.91 Å². The zero-order valence-corrected chi connectivity index (χ0v) is 11.0. The van der Waals surface area contributed by atoms with Crippen molar-refractivity contribution in [3.63, 3.8) is 0 Å². The normalized spacial score (nSPS) is 9.55. The maximum atomic E-state index is 11.7. The Morgan fingerprint density at radius 2 is 1.70 bits per heavy atom. The second kappa shape index (κ2) is 6.35. The van der Waals surface area contributed by atoms with Crippen LogP contribution in [0.1, 0.15) is 0 Å². The fourth-order valence-corrected chi connectivity index (χ4v) is 1.94. The quantitative estimate of drug-likeness (QED) is 0.626. The third-order valence-corrected chi connectivity index (χ3v) is 2.96. The van der Waals surface area contributed by atoms with Crippen LogP contribution in [0.25, 0.3) is 11.1 Å². The van der Waals surface area contributed by atoms with Crippen LogP contribution < -0.4 is 4.90 Å². The molecule has 0 heterocycles. The number of carbonyl (C=O) groups is 1. The van der Waals surface area contributed by atoms with Crippen LogP contribution in [0, 0.1) is 11.3 Å². The van der Waals surface area contributed by atoms with Crippen molar-refractivity contribution in [2.75, 3.05) is 11.4 Å². The third kappa shape index (κ3) is 2.93. The summed E-state index contributed by atoms with van der Waals surface area (Å²) < 4.78 is 0. The fourth-order valence-electron chi connectivity index (χ4n) is 1.94. The molecule has 3 nitrogen and oxygen atoms in total. The molecule has 0 saturated carbocycles. The first-order valence-corrected chi connectivity index (χ1v) is 6.22. The van der Waals surface area contributed by atoms with Gasteiger partial charge in [-0.2, -0.15) is 5.26 Å². The van der Waals surface area contributed by atoms with E-state index in [2.05, 4.69) is 6.58 Å². The number of hydrogen-bond donors (Lipinski definition) is 0. The summed E-state index contributed by atoms with van der Waals surface area (Å²) in [6.45, 7) is 3.46. The number of nitriles is 1. The van der Waals surface area contributed by atoms with Gasteiger partial charge in [0, 0.05) is 5.69 Å². The lowest BCUT2D eigenvalue weighted by Crippen LogP contribution is -2.29. The maximum Gasteiger partial charge on any atom is 0.251 e. The van der Waals surface area contributed by atoms with Gasteiger partial charge in [0.1, 0.15) is 6.54 Å². The molecule has 0 aliphatic carbocycles. The van der Waals surface area contributed by atoms with Crippen molar-refractivity contribution < 1.29 is 4.79 Å². The second-order valence-electron chi connectivity index (χ2n) is 4.20. The Morgan fingerprint density at radius 3 is 2.25 bits per heavy atom. The van der Waals surface area contributed by atoms with Gasteiger partial charge >= 0.3 is 0 Å². The number of rotatable bonds is 4. The number of nitrogens with zero attached hydrogens (tertiary/aromatic N) is 2. The van der Waals surface area contributed by atoms with Crippen LogP contribution in [-0.4, -0.2) is 12.5 Å². The summed E-state index contributed by atoms with van der Waals surface area (Å²) >= 11 is 0. The van der Waals surface area contributed by atoms with Gasteiger partial charge in [-0.15, -0.1) is 0 Å². The molecule has 0 radical (unpaired) electrons. The molecule has 0 unspecified atom stereocenters. The molecule has 0 atom stereocenters. The van der Waals surface area contributed by atoms with Gasteiger partial charge in [-0.25, -0.2) is 0 Å². The summed E-state index contributed by atoms with van der Waals surface area (Å²) in [7, 11) is 0. The smallest absolute Gasteiger partial charge is 0.251 e. The molecule has 0 aliphatic rings. The predicted octanol–water partition coefficient (Wildman–Crippen LogP) is 3.40. The Balaban J connectivity index is 2.29. The van der Waals surface area contributed by atoms with E-state index in [1.165, 1.54) is 11.0 Å². The van der Waals surface area contributed by atoms with Crippen LogP contribution in [0.2, 0.25) is 0 Å². The van der Waals surface area contributed by atoms with Crippen LogP contribution >= 0.6 is 0 Å². The Labute approximate surface area is 118 Å². The van der Waals surface area contributed by atoms with Gasteiger partial charge in [0.15, 0.2) is 0 Å². The number of amides is 1. The summed E-state index contributed by atoms with van der Waals surface area (Å²) in [5.41, 5.74) is 2.87.